The van der Waals surface area contributed by atoms with E-state index in [1.165, 1.54) is 12.1 Å². The Bertz CT molecular complexity index is 551. The number of nitrogens with two attached hydrogens (primary N) is 1. The third-order valence-corrected chi connectivity index (χ3v) is 3.88. The molecule has 0 bridgehead atoms. The number of nitrogens with zero attached hydrogens (tertiary/aromatic N) is 1. The van der Waals surface area contributed by atoms with Crippen LogP contribution < -0.4 is 11.1 Å². The van der Waals surface area contributed by atoms with Crippen LogP contribution in [0, 0.1) is 11.2 Å². The number of nitrogens with one attached hydrogen (secondary N) is 1. The Kier molecular flexibility index (Phi) is 3.92. The van der Waals surface area contributed by atoms with Gasteiger partial charge in [-0.2, -0.15) is 0 Å². The van der Waals surface area contributed by atoms with Gasteiger partial charge in [0.1, 0.15) is 5.82 Å². The Morgan fingerprint density at radius 2 is 2.10 bits per heavy atom. The van der Waals surface area contributed by atoms with E-state index in [1.54, 1.807) is 0 Å². The molecule has 4 N–H and O–H groups in total. The Hall–Kier alpha value is -2.11. The van der Waals surface area contributed by atoms with Crippen LogP contribution in [0.15, 0.2) is 23.4 Å². The molecule has 0 heterocycles. The molecule has 0 atom stereocenters. The van der Waals surface area contributed by atoms with E-state index in [1.807, 2.05) is 6.92 Å². The van der Waals surface area contributed by atoms with Gasteiger partial charge in [-0.1, -0.05) is 24.9 Å². The molecule has 1 fully saturated rings. The van der Waals surface area contributed by atoms with Crippen molar-refractivity contribution in [3.63, 3.8) is 0 Å². The highest BCUT2D eigenvalue weighted by Crippen LogP contribution is 2.38. The van der Waals surface area contributed by atoms with Crippen molar-refractivity contribution in [3.05, 3.63) is 29.6 Å². The summed E-state index contributed by atoms with van der Waals surface area (Å²) in [7, 11) is 0. The second-order valence-corrected chi connectivity index (χ2v) is 5.40. The maximum atomic E-state index is 13.9. The monoisotopic (exact) mass is 279 g/mol. The summed E-state index contributed by atoms with van der Waals surface area (Å²) in [4.78, 5) is 12.2. The summed E-state index contributed by atoms with van der Waals surface area (Å²) < 4.78 is 13.9. The van der Waals surface area contributed by atoms with Gasteiger partial charge in [-0.25, -0.2) is 4.39 Å². The van der Waals surface area contributed by atoms with Gasteiger partial charge in [-0.05, 0) is 31.0 Å². The van der Waals surface area contributed by atoms with E-state index in [9.17, 15) is 9.18 Å². The van der Waals surface area contributed by atoms with Gasteiger partial charge in [0.2, 0.25) is 5.91 Å². The Morgan fingerprint density at radius 3 is 2.65 bits per heavy atom. The van der Waals surface area contributed by atoms with Gasteiger partial charge in [0, 0.05) is 11.0 Å². The van der Waals surface area contributed by atoms with Crippen molar-refractivity contribution < 1.29 is 14.4 Å². The number of oxime groups is 1. The fourth-order valence-corrected chi connectivity index (χ4v) is 2.49. The predicted octanol–water partition coefficient (Wildman–Crippen LogP) is 2.44. The topological polar surface area (TPSA) is 87.7 Å². The highest BCUT2D eigenvalue weighted by Gasteiger charge is 2.36. The number of carbonyl (C=O) groups is 1. The quantitative estimate of drug-likeness (QED) is 0.344. The maximum absolute atomic E-state index is 13.9. The summed E-state index contributed by atoms with van der Waals surface area (Å²) in [5, 5.41) is 14.0. The lowest BCUT2D eigenvalue weighted by atomic mass is 9.88. The normalized spacial score (nSPS) is 18.0. The van der Waals surface area contributed by atoms with Crippen molar-refractivity contribution in [1.29, 1.82) is 0 Å². The van der Waals surface area contributed by atoms with Crippen LogP contribution in [0.2, 0.25) is 0 Å². The first-order valence-corrected chi connectivity index (χ1v) is 6.55. The van der Waals surface area contributed by atoms with Crippen molar-refractivity contribution in [2.45, 2.75) is 32.6 Å². The van der Waals surface area contributed by atoms with Gasteiger partial charge in [-0.3, -0.25) is 4.79 Å². The molecule has 0 spiro atoms. The second kappa shape index (κ2) is 5.48. The first kappa shape index (κ1) is 14.3. The summed E-state index contributed by atoms with van der Waals surface area (Å²) in [5.74, 6) is -0.945. The number of carbonyl (C=O) groups excluding carboxylic acids is 1. The van der Waals surface area contributed by atoms with E-state index in [4.69, 9.17) is 10.9 Å². The van der Waals surface area contributed by atoms with Crippen LogP contribution in [0.3, 0.4) is 0 Å². The molecule has 2 rings (SSSR count). The third-order valence-electron chi connectivity index (χ3n) is 3.88. The zero-order chi connectivity index (χ0) is 14.8. The molecule has 1 aromatic rings. The predicted molar refractivity (Wildman–Crippen MR) is 74.1 cm³/mol. The lowest BCUT2D eigenvalue weighted by Crippen LogP contribution is -2.31. The number of amides is 1. The minimum Gasteiger partial charge on any atom is -0.409 e. The maximum Gasteiger partial charge on any atom is 0.230 e. The van der Waals surface area contributed by atoms with Crippen LogP contribution in [-0.4, -0.2) is 17.0 Å². The zero-order valence-electron chi connectivity index (χ0n) is 11.3. The lowest BCUT2D eigenvalue weighted by Gasteiger charge is -2.22. The van der Waals surface area contributed by atoms with E-state index in [2.05, 4.69) is 10.5 Å². The molecule has 1 saturated carbocycles. The van der Waals surface area contributed by atoms with Gasteiger partial charge in [0.15, 0.2) is 5.84 Å². The molecule has 6 heteroatoms. The number of anilines is 1. The van der Waals surface area contributed by atoms with Crippen LogP contribution in [0.25, 0.3) is 0 Å². The Morgan fingerprint density at radius 1 is 1.45 bits per heavy atom. The number of halogens is 1. The molecular formula is C14H18FN3O2. The highest BCUT2D eigenvalue weighted by atomic mass is 19.1. The first-order valence-electron chi connectivity index (χ1n) is 6.55. The first-order chi connectivity index (χ1) is 9.46. The largest absolute Gasteiger partial charge is 0.409 e. The number of hydrogen-bond acceptors (Lipinski definition) is 3. The van der Waals surface area contributed by atoms with Gasteiger partial charge in [0.05, 0.1) is 5.69 Å². The molecule has 1 aliphatic rings. The van der Waals surface area contributed by atoms with Crippen LogP contribution in [-0.2, 0) is 4.79 Å². The molecule has 0 saturated heterocycles. The minimum atomic E-state index is -0.607. The summed E-state index contributed by atoms with van der Waals surface area (Å²) in [6.45, 7) is 1.90. The van der Waals surface area contributed by atoms with Crippen LogP contribution >= 0.6 is 0 Å². The number of benzene rings is 1. The summed E-state index contributed by atoms with van der Waals surface area (Å²) in [5.41, 5.74) is 5.33. The lowest BCUT2D eigenvalue weighted by molar-refractivity contribution is -0.124. The fraction of sp³-hybridized carbons (Fsp3) is 0.429. The zero-order valence-corrected chi connectivity index (χ0v) is 11.3. The molecule has 20 heavy (non-hydrogen) atoms. The summed E-state index contributed by atoms with van der Waals surface area (Å²) in [6.07, 6.45) is 3.69. The molecule has 1 aliphatic carbocycles. The van der Waals surface area contributed by atoms with Crippen LogP contribution in [0.4, 0.5) is 10.1 Å². The van der Waals surface area contributed by atoms with E-state index < -0.39 is 11.2 Å². The molecule has 0 aliphatic heterocycles. The standard InChI is InChI=1S/C14H18FN3O2/c1-14(6-2-3-7-14)13(19)17-11-5-4-9(8-10(11)15)12(16)18-20/h4-5,8,20H,2-3,6-7H2,1H3,(H2,16,18)(H,17,19). The number of rotatable bonds is 3. The Balaban J connectivity index is 2.16. The molecule has 5 nitrogen and oxygen atoms in total. The summed E-state index contributed by atoms with van der Waals surface area (Å²) in [6, 6.07) is 4.03. The van der Waals surface area contributed by atoms with Gasteiger partial charge in [-0.15, -0.1) is 0 Å². The molecule has 1 aromatic carbocycles. The van der Waals surface area contributed by atoms with E-state index in [0.29, 0.717) is 0 Å². The third kappa shape index (κ3) is 2.74. The van der Waals surface area contributed by atoms with Crippen molar-refractivity contribution in [2.24, 2.45) is 16.3 Å². The SMILES string of the molecule is CC1(C(=O)Nc2ccc(/C(N)=N/O)cc2F)CCCC1. The van der Waals surface area contributed by atoms with Gasteiger partial charge < -0.3 is 16.3 Å². The fourth-order valence-electron chi connectivity index (χ4n) is 2.49. The van der Waals surface area contributed by atoms with Crippen molar-refractivity contribution in [1.82, 2.24) is 0 Å². The number of amidine groups is 1. The smallest absolute Gasteiger partial charge is 0.230 e. The summed E-state index contributed by atoms with van der Waals surface area (Å²) >= 11 is 0. The van der Waals surface area contributed by atoms with Crippen molar-refractivity contribution in [2.75, 3.05) is 5.32 Å². The van der Waals surface area contributed by atoms with E-state index in [-0.39, 0.29) is 23.0 Å². The average molecular weight is 279 g/mol. The van der Waals surface area contributed by atoms with Crippen molar-refractivity contribution >= 4 is 17.4 Å². The molecule has 0 aromatic heterocycles. The Labute approximate surface area is 116 Å². The minimum absolute atomic E-state index is 0.109. The van der Waals surface area contributed by atoms with Crippen molar-refractivity contribution in [3.8, 4) is 0 Å². The second-order valence-electron chi connectivity index (χ2n) is 5.40. The van der Waals surface area contributed by atoms with Gasteiger partial charge >= 0.3 is 0 Å². The molecule has 1 amide bonds. The highest BCUT2D eigenvalue weighted by molar-refractivity contribution is 5.99. The average Bonchev–Trinajstić information content (AvgIpc) is 2.88. The van der Waals surface area contributed by atoms with Crippen LogP contribution in [0.5, 0.6) is 0 Å². The molecule has 0 radical (unpaired) electrons. The molecule has 108 valence electrons. The molecular weight excluding hydrogens is 261 g/mol. The van der Waals surface area contributed by atoms with E-state index in [0.717, 1.165) is 31.7 Å². The van der Waals surface area contributed by atoms with E-state index >= 15 is 0 Å². The number of hydrogen-bond donors (Lipinski definition) is 3. The van der Waals surface area contributed by atoms with Gasteiger partial charge in [0.25, 0.3) is 0 Å². The van der Waals surface area contributed by atoms with Crippen LogP contribution in [0.1, 0.15) is 38.2 Å². The molecule has 0 unspecified atom stereocenters.